The number of benzene rings is 2. The van der Waals surface area contributed by atoms with Crippen LogP contribution in [0.15, 0.2) is 57.3 Å². The molecule has 1 aliphatic heterocycles. The summed E-state index contributed by atoms with van der Waals surface area (Å²) < 4.78 is 28.0. The topological polar surface area (TPSA) is 92.3 Å². The summed E-state index contributed by atoms with van der Waals surface area (Å²) in [5, 5.41) is 3.36. The number of nitrogens with one attached hydrogen (secondary N) is 1. The first-order valence-electron chi connectivity index (χ1n) is 12.3. The van der Waals surface area contributed by atoms with Crippen molar-refractivity contribution in [3.63, 3.8) is 0 Å². The Labute approximate surface area is 231 Å². The quantitative estimate of drug-likeness (QED) is 0.411. The predicted molar refractivity (Wildman–Crippen MR) is 146 cm³/mol. The summed E-state index contributed by atoms with van der Waals surface area (Å²) >= 11 is 3.58. The van der Waals surface area contributed by atoms with Gasteiger partial charge < -0.3 is 29.0 Å². The van der Waals surface area contributed by atoms with E-state index in [-0.39, 0.29) is 18.1 Å². The van der Waals surface area contributed by atoms with E-state index >= 15 is 0 Å². The number of ether oxygens (including phenoxy) is 5. The van der Waals surface area contributed by atoms with Gasteiger partial charge in [-0.25, -0.2) is 4.79 Å². The van der Waals surface area contributed by atoms with E-state index in [0.29, 0.717) is 57.3 Å². The average molecular weight is 586 g/mol. The fraction of sp³-hybridized carbons (Fsp3) is 0.379. The molecule has 0 radical (unpaired) electrons. The van der Waals surface area contributed by atoms with E-state index in [1.54, 1.807) is 21.3 Å². The second-order valence-corrected chi connectivity index (χ2v) is 9.94. The van der Waals surface area contributed by atoms with E-state index in [9.17, 15) is 9.59 Å². The van der Waals surface area contributed by atoms with Crippen LogP contribution in [0.2, 0.25) is 0 Å². The number of hydrogen-bond acceptors (Lipinski definition) is 8. The van der Waals surface area contributed by atoms with Gasteiger partial charge in [-0.05, 0) is 77.5 Å². The van der Waals surface area contributed by atoms with Gasteiger partial charge in [0.2, 0.25) is 0 Å². The van der Waals surface area contributed by atoms with Crippen molar-refractivity contribution in [2.24, 2.45) is 0 Å². The van der Waals surface area contributed by atoms with Gasteiger partial charge in [0.05, 0.1) is 45.1 Å². The normalized spacial score (nSPS) is 19.0. The van der Waals surface area contributed by atoms with Crippen molar-refractivity contribution in [3.8, 4) is 23.0 Å². The Balaban J connectivity index is 1.84. The van der Waals surface area contributed by atoms with Crippen LogP contribution in [0, 0.1) is 0 Å². The Morgan fingerprint density at radius 1 is 0.974 bits per heavy atom. The predicted octanol–water partition coefficient (Wildman–Crippen LogP) is 5.41. The molecule has 2 aromatic carbocycles. The molecule has 0 aromatic heterocycles. The van der Waals surface area contributed by atoms with Gasteiger partial charge in [0, 0.05) is 29.3 Å². The SMILES string of the molecule is CCOc1cc([C@H]2C(C(=O)OC)=C(C)NC3=C2C(=O)C[C@@H](c2ccc(OC)c(OC)c2)C3)cc(Br)c1OC. The van der Waals surface area contributed by atoms with Crippen LogP contribution in [-0.4, -0.2) is 46.8 Å². The van der Waals surface area contributed by atoms with Gasteiger partial charge in [-0.1, -0.05) is 6.07 Å². The molecule has 1 N–H and O–H groups in total. The molecule has 0 spiro atoms. The maximum Gasteiger partial charge on any atom is 0.336 e. The first kappa shape index (κ1) is 27.6. The Morgan fingerprint density at radius 3 is 2.32 bits per heavy atom. The van der Waals surface area contributed by atoms with E-state index in [4.69, 9.17) is 23.7 Å². The minimum absolute atomic E-state index is 0.0395. The Morgan fingerprint density at radius 2 is 1.68 bits per heavy atom. The van der Waals surface area contributed by atoms with Crippen LogP contribution < -0.4 is 24.3 Å². The van der Waals surface area contributed by atoms with E-state index < -0.39 is 11.9 Å². The van der Waals surface area contributed by atoms with Crippen LogP contribution >= 0.6 is 15.9 Å². The number of Topliss-reactive ketones (excluding diaryl/α,β-unsaturated/α-hetero) is 1. The number of carbonyl (C=O) groups is 2. The summed E-state index contributed by atoms with van der Waals surface area (Å²) in [5.74, 6) is 1.08. The number of halogens is 1. The highest BCUT2D eigenvalue weighted by molar-refractivity contribution is 9.10. The molecule has 4 rings (SSSR count). The maximum atomic E-state index is 13.9. The van der Waals surface area contributed by atoms with Crippen LogP contribution in [0.4, 0.5) is 0 Å². The molecular weight excluding hydrogens is 554 g/mol. The lowest BCUT2D eigenvalue weighted by molar-refractivity contribution is -0.136. The van der Waals surface area contributed by atoms with Crippen molar-refractivity contribution in [1.82, 2.24) is 5.32 Å². The molecule has 9 heteroatoms. The molecule has 1 heterocycles. The molecule has 38 heavy (non-hydrogen) atoms. The highest BCUT2D eigenvalue weighted by Gasteiger charge is 2.42. The van der Waals surface area contributed by atoms with Gasteiger partial charge in [-0.3, -0.25) is 4.79 Å². The first-order valence-corrected chi connectivity index (χ1v) is 13.1. The largest absolute Gasteiger partial charge is 0.493 e. The zero-order valence-electron chi connectivity index (χ0n) is 22.4. The minimum atomic E-state index is -0.626. The number of esters is 1. The van der Waals surface area contributed by atoms with E-state index in [1.807, 2.05) is 44.2 Å². The van der Waals surface area contributed by atoms with Gasteiger partial charge in [0.1, 0.15) is 0 Å². The lowest BCUT2D eigenvalue weighted by atomic mass is 9.71. The lowest BCUT2D eigenvalue weighted by Crippen LogP contribution is -2.36. The molecule has 1 aliphatic carbocycles. The third kappa shape index (κ3) is 4.99. The van der Waals surface area contributed by atoms with Crippen LogP contribution in [-0.2, 0) is 14.3 Å². The van der Waals surface area contributed by atoms with Crippen molar-refractivity contribution < 1.29 is 33.3 Å². The second-order valence-electron chi connectivity index (χ2n) is 9.09. The van der Waals surface area contributed by atoms with Gasteiger partial charge in [0.25, 0.3) is 0 Å². The molecule has 202 valence electrons. The van der Waals surface area contributed by atoms with E-state index in [2.05, 4.69) is 21.2 Å². The summed E-state index contributed by atoms with van der Waals surface area (Å²) in [6.45, 7) is 4.14. The Hall–Kier alpha value is -3.46. The molecular formula is C29H32BrNO7. The smallest absolute Gasteiger partial charge is 0.336 e. The summed E-state index contributed by atoms with van der Waals surface area (Å²) in [4.78, 5) is 26.9. The maximum absolute atomic E-state index is 13.9. The average Bonchev–Trinajstić information content (AvgIpc) is 2.91. The lowest BCUT2D eigenvalue weighted by Gasteiger charge is -2.37. The van der Waals surface area contributed by atoms with Crippen molar-refractivity contribution in [2.45, 2.75) is 38.5 Å². The number of rotatable bonds is 8. The van der Waals surface area contributed by atoms with Crippen molar-refractivity contribution in [1.29, 1.82) is 0 Å². The third-order valence-corrected chi connectivity index (χ3v) is 7.57. The second kappa shape index (κ2) is 11.5. The van der Waals surface area contributed by atoms with Crippen LogP contribution in [0.25, 0.3) is 0 Å². The standard InChI is InChI=1S/C29H32BrNO7/c1-7-38-24-14-18(10-19(30)28(24)36-5)26-25(29(33)37-6)15(2)31-20-11-17(12-21(32)27(20)26)16-8-9-22(34-3)23(13-16)35-4/h8-10,13-14,17,26,31H,7,11-12H2,1-6H3/t17-,26-/m0/s1. The number of hydrogen-bond donors (Lipinski definition) is 1. The van der Waals surface area contributed by atoms with E-state index in [1.165, 1.54) is 7.11 Å². The van der Waals surface area contributed by atoms with Crippen LogP contribution in [0.5, 0.6) is 23.0 Å². The number of allylic oxidation sites excluding steroid dienone is 3. The van der Waals surface area contributed by atoms with Crippen molar-refractivity contribution in [3.05, 3.63) is 68.5 Å². The summed E-state index contributed by atoms with van der Waals surface area (Å²) in [7, 11) is 6.09. The van der Waals surface area contributed by atoms with Crippen molar-refractivity contribution in [2.75, 3.05) is 35.0 Å². The summed E-state index contributed by atoms with van der Waals surface area (Å²) in [6.07, 6.45) is 0.879. The molecule has 2 aliphatic rings. The van der Waals surface area contributed by atoms with Crippen LogP contribution in [0.1, 0.15) is 49.7 Å². The van der Waals surface area contributed by atoms with Gasteiger partial charge >= 0.3 is 5.97 Å². The number of carbonyl (C=O) groups excluding carboxylic acids is 2. The summed E-state index contributed by atoms with van der Waals surface area (Å²) in [5.41, 5.74) is 4.10. The highest BCUT2D eigenvalue weighted by atomic mass is 79.9. The first-order chi connectivity index (χ1) is 18.3. The molecule has 0 fully saturated rings. The fourth-order valence-corrected chi connectivity index (χ4v) is 5.93. The van der Waals surface area contributed by atoms with Crippen LogP contribution in [0.3, 0.4) is 0 Å². The van der Waals surface area contributed by atoms with E-state index in [0.717, 1.165) is 16.8 Å². The number of methoxy groups -OCH3 is 4. The molecule has 2 atom stereocenters. The molecule has 0 unspecified atom stereocenters. The van der Waals surface area contributed by atoms with Gasteiger partial charge in [-0.2, -0.15) is 0 Å². The number of ketones is 1. The number of dihydropyridines is 1. The third-order valence-electron chi connectivity index (χ3n) is 6.98. The fourth-order valence-electron chi connectivity index (χ4n) is 5.31. The zero-order chi connectivity index (χ0) is 27.6. The molecule has 0 saturated carbocycles. The minimum Gasteiger partial charge on any atom is -0.493 e. The molecule has 2 aromatic rings. The molecule has 8 nitrogen and oxygen atoms in total. The summed E-state index contributed by atoms with van der Waals surface area (Å²) in [6, 6.07) is 9.43. The van der Waals surface area contributed by atoms with Gasteiger partial charge in [-0.15, -0.1) is 0 Å². The molecule has 0 amide bonds. The van der Waals surface area contributed by atoms with Crippen molar-refractivity contribution >= 4 is 27.7 Å². The zero-order valence-corrected chi connectivity index (χ0v) is 24.0. The molecule has 0 saturated heterocycles. The van der Waals surface area contributed by atoms with Gasteiger partial charge in [0.15, 0.2) is 28.8 Å². The monoisotopic (exact) mass is 585 g/mol. The molecule has 0 bridgehead atoms. The highest BCUT2D eigenvalue weighted by Crippen LogP contribution is 2.49. The Kier molecular flexibility index (Phi) is 8.35. The Bertz CT molecular complexity index is 1330.